The molecule has 2 aromatic rings. The molecule has 0 radical (unpaired) electrons. The summed E-state index contributed by atoms with van der Waals surface area (Å²) in [5, 5.41) is -1.09. The number of carbonyl (C=O) groups is 1. The van der Waals surface area contributed by atoms with Crippen LogP contribution in [0.25, 0.3) is 0 Å². The van der Waals surface area contributed by atoms with Crippen LogP contribution in [-0.2, 0) is 27.9 Å². The van der Waals surface area contributed by atoms with E-state index in [1.165, 1.54) is 4.31 Å². The minimum atomic E-state index is -3.84. The number of methoxy groups -OCH3 is 2. The van der Waals surface area contributed by atoms with Gasteiger partial charge in [0.1, 0.15) is 23.0 Å². The number of nitrogens with zero attached hydrogens (tertiary/aromatic N) is 1. The SMILES string of the molecule is COc1ccc(CN(Cc2ccc(OC)cc2)S(=O)(=O)[C@@H](C=O)C(C)C)cc1. The Hall–Kier alpha value is -2.38. The molecule has 0 saturated carbocycles. The lowest BCUT2D eigenvalue weighted by Gasteiger charge is -2.27. The van der Waals surface area contributed by atoms with Gasteiger partial charge in [-0.3, -0.25) is 0 Å². The summed E-state index contributed by atoms with van der Waals surface area (Å²) in [6, 6.07) is 14.4. The topological polar surface area (TPSA) is 72.9 Å². The van der Waals surface area contributed by atoms with E-state index in [1.807, 2.05) is 24.3 Å². The van der Waals surface area contributed by atoms with Gasteiger partial charge >= 0.3 is 0 Å². The van der Waals surface area contributed by atoms with Crippen LogP contribution in [0.4, 0.5) is 0 Å². The Morgan fingerprint density at radius 3 is 1.54 bits per heavy atom. The first-order valence-electron chi connectivity index (χ1n) is 9.02. The van der Waals surface area contributed by atoms with Crippen molar-refractivity contribution in [2.75, 3.05) is 14.2 Å². The molecule has 0 heterocycles. The fraction of sp³-hybridized carbons (Fsp3) is 0.381. The zero-order valence-corrected chi connectivity index (χ0v) is 17.5. The second-order valence-corrected chi connectivity index (χ2v) is 8.94. The van der Waals surface area contributed by atoms with Crippen LogP contribution in [0.2, 0.25) is 0 Å². The molecule has 0 N–H and O–H groups in total. The number of hydrogen-bond donors (Lipinski definition) is 0. The van der Waals surface area contributed by atoms with Crippen LogP contribution in [0.1, 0.15) is 25.0 Å². The lowest BCUT2D eigenvalue weighted by Crippen LogP contribution is -2.41. The number of aldehydes is 1. The molecular weight excluding hydrogens is 378 g/mol. The maximum atomic E-state index is 13.2. The number of hydrogen-bond acceptors (Lipinski definition) is 5. The van der Waals surface area contributed by atoms with E-state index >= 15 is 0 Å². The normalized spacial score (nSPS) is 12.8. The molecule has 7 heteroatoms. The molecule has 0 aliphatic carbocycles. The molecule has 152 valence electrons. The molecule has 0 unspecified atom stereocenters. The van der Waals surface area contributed by atoms with E-state index in [-0.39, 0.29) is 19.0 Å². The number of benzene rings is 2. The Morgan fingerprint density at radius 1 is 0.857 bits per heavy atom. The molecule has 0 spiro atoms. The van der Waals surface area contributed by atoms with E-state index in [4.69, 9.17) is 9.47 Å². The molecule has 0 aromatic heterocycles. The molecule has 0 amide bonds. The molecule has 0 fully saturated rings. The zero-order chi connectivity index (χ0) is 20.7. The highest BCUT2D eigenvalue weighted by molar-refractivity contribution is 7.90. The van der Waals surface area contributed by atoms with E-state index in [9.17, 15) is 13.2 Å². The minimum Gasteiger partial charge on any atom is -0.497 e. The molecule has 0 aliphatic heterocycles. The van der Waals surface area contributed by atoms with Crippen LogP contribution in [-0.4, -0.2) is 38.5 Å². The van der Waals surface area contributed by atoms with Gasteiger partial charge in [0.2, 0.25) is 10.0 Å². The van der Waals surface area contributed by atoms with Crippen molar-refractivity contribution in [1.82, 2.24) is 4.31 Å². The molecule has 28 heavy (non-hydrogen) atoms. The lowest BCUT2D eigenvalue weighted by atomic mass is 10.1. The van der Waals surface area contributed by atoms with E-state index in [0.29, 0.717) is 17.8 Å². The molecule has 2 aromatic carbocycles. The molecule has 6 nitrogen and oxygen atoms in total. The lowest BCUT2D eigenvalue weighted by molar-refractivity contribution is -0.108. The van der Waals surface area contributed by atoms with Crippen LogP contribution in [0.15, 0.2) is 48.5 Å². The molecule has 0 saturated heterocycles. The number of carbonyl (C=O) groups excluding carboxylic acids is 1. The third-order valence-corrected chi connectivity index (χ3v) is 6.85. The van der Waals surface area contributed by atoms with Crippen LogP contribution in [0.5, 0.6) is 11.5 Å². The van der Waals surface area contributed by atoms with Crippen LogP contribution >= 0.6 is 0 Å². The Balaban J connectivity index is 2.36. The summed E-state index contributed by atoms with van der Waals surface area (Å²) in [6.07, 6.45) is 0.523. The Labute approximate surface area is 167 Å². The second-order valence-electron chi connectivity index (χ2n) is 6.85. The Bertz CT molecular complexity index is 811. The highest BCUT2D eigenvalue weighted by Crippen LogP contribution is 2.23. The van der Waals surface area contributed by atoms with Crippen molar-refractivity contribution in [1.29, 1.82) is 0 Å². The number of rotatable bonds is 10. The van der Waals surface area contributed by atoms with Gasteiger partial charge in [0.15, 0.2) is 0 Å². The van der Waals surface area contributed by atoms with Crippen LogP contribution < -0.4 is 9.47 Å². The first-order valence-corrected chi connectivity index (χ1v) is 10.5. The van der Waals surface area contributed by atoms with Crippen molar-refractivity contribution in [3.63, 3.8) is 0 Å². The first kappa shape index (κ1) is 21.9. The maximum Gasteiger partial charge on any atom is 0.224 e. The van der Waals surface area contributed by atoms with Crippen molar-refractivity contribution in [2.24, 2.45) is 5.92 Å². The number of sulfonamides is 1. The van der Waals surface area contributed by atoms with Gasteiger partial charge in [-0.2, -0.15) is 4.31 Å². The highest BCUT2D eigenvalue weighted by atomic mass is 32.2. The van der Waals surface area contributed by atoms with Gasteiger partial charge < -0.3 is 14.3 Å². The fourth-order valence-corrected chi connectivity index (χ4v) is 4.68. The fourth-order valence-electron chi connectivity index (χ4n) is 2.85. The van der Waals surface area contributed by atoms with Gasteiger partial charge in [0, 0.05) is 13.1 Å². The van der Waals surface area contributed by atoms with E-state index < -0.39 is 15.3 Å². The predicted octanol–water partition coefficient (Wildman–Crippen LogP) is 3.26. The summed E-state index contributed by atoms with van der Waals surface area (Å²) in [4.78, 5) is 11.5. The predicted molar refractivity (Wildman–Crippen MR) is 109 cm³/mol. The van der Waals surface area contributed by atoms with Gasteiger partial charge in [-0.25, -0.2) is 8.42 Å². The summed E-state index contributed by atoms with van der Waals surface area (Å²) in [5.41, 5.74) is 1.62. The zero-order valence-electron chi connectivity index (χ0n) is 16.7. The average Bonchev–Trinajstić information content (AvgIpc) is 2.68. The molecular formula is C21H27NO5S. The molecule has 1 atom stereocenters. The van der Waals surface area contributed by atoms with Crippen molar-refractivity contribution in [3.8, 4) is 11.5 Å². The van der Waals surface area contributed by atoms with Crippen molar-refractivity contribution in [2.45, 2.75) is 32.2 Å². The summed E-state index contributed by atoms with van der Waals surface area (Å²) >= 11 is 0. The Morgan fingerprint density at radius 2 is 1.25 bits per heavy atom. The van der Waals surface area contributed by atoms with Gasteiger partial charge in [-0.1, -0.05) is 38.1 Å². The second kappa shape index (κ2) is 9.71. The van der Waals surface area contributed by atoms with Gasteiger partial charge in [-0.15, -0.1) is 0 Å². The summed E-state index contributed by atoms with van der Waals surface area (Å²) in [6.45, 7) is 3.79. The summed E-state index contributed by atoms with van der Waals surface area (Å²) in [5.74, 6) is 1.07. The smallest absolute Gasteiger partial charge is 0.224 e. The summed E-state index contributed by atoms with van der Waals surface area (Å²) in [7, 11) is -0.685. The van der Waals surface area contributed by atoms with Gasteiger partial charge in [0.05, 0.1) is 14.2 Å². The molecule has 0 bridgehead atoms. The van der Waals surface area contributed by atoms with Gasteiger partial charge in [0.25, 0.3) is 0 Å². The molecule has 2 rings (SSSR count). The largest absolute Gasteiger partial charge is 0.497 e. The van der Waals surface area contributed by atoms with Crippen LogP contribution in [0.3, 0.4) is 0 Å². The Kier molecular flexibility index (Phi) is 7.60. The average molecular weight is 406 g/mol. The van der Waals surface area contributed by atoms with E-state index in [2.05, 4.69) is 0 Å². The maximum absolute atomic E-state index is 13.2. The van der Waals surface area contributed by atoms with Crippen LogP contribution in [0, 0.1) is 5.92 Å². The quantitative estimate of drug-likeness (QED) is 0.567. The van der Waals surface area contributed by atoms with Crippen molar-refractivity contribution in [3.05, 3.63) is 59.7 Å². The summed E-state index contributed by atoms with van der Waals surface area (Å²) < 4.78 is 38.1. The third kappa shape index (κ3) is 5.33. The molecule has 0 aliphatic rings. The first-order chi connectivity index (χ1) is 13.3. The van der Waals surface area contributed by atoms with E-state index in [0.717, 1.165) is 11.1 Å². The minimum absolute atomic E-state index is 0.162. The van der Waals surface area contributed by atoms with Gasteiger partial charge in [-0.05, 0) is 41.3 Å². The van der Waals surface area contributed by atoms with Crippen molar-refractivity contribution < 1.29 is 22.7 Å². The van der Waals surface area contributed by atoms with Crippen molar-refractivity contribution >= 4 is 16.3 Å². The van der Waals surface area contributed by atoms with E-state index in [1.54, 1.807) is 52.3 Å². The number of ether oxygens (including phenoxy) is 2. The highest BCUT2D eigenvalue weighted by Gasteiger charge is 2.34. The third-order valence-electron chi connectivity index (χ3n) is 4.53. The monoisotopic (exact) mass is 405 g/mol. The standard InChI is InChI=1S/C21H27NO5S/c1-16(2)21(15-23)28(24,25)22(13-17-5-9-19(26-3)10-6-17)14-18-7-11-20(27-4)12-8-18/h5-12,15-16,21H,13-14H2,1-4H3/t21-/m0/s1.